The molecule has 3 heterocycles. The van der Waals surface area contributed by atoms with Crippen LogP contribution in [0.2, 0.25) is 0 Å². The first-order valence-electron chi connectivity index (χ1n) is 10.5. The molecule has 2 aromatic carbocycles. The van der Waals surface area contributed by atoms with Gasteiger partial charge in [0.05, 0.1) is 6.26 Å². The molecule has 0 atom stereocenters. The van der Waals surface area contributed by atoms with Crippen molar-refractivity contribution in [3.8, 4) is 11.5 Å². The van der Waals surface area contributed by atoms with E-state index in [2.05, 4.69) is 16.3 Å². The Bertz CT molecular complexity index is 1100. The van der Waals surface area contributed by atoms with Crippen molar-refractivity contribution in [1.29, 1.82) is 0 Å². The van der Waals surface area contributed by atoms with Gasteiger partial charge in [-0.3, -0.25) is 14.5 Å². The van der Waals surface area contributed by atoms with Crippen LogP contribution in [0.1, 0.15) is 26.5 Å². The minimum absolute atomic E-state index is 0.00311. The number of furan rings is 1. The van der Waals surface area contributed by atoms with Gasteiger partial charge in [-0.2, -0.15) is 0 Å². The first-order chi connectivity index (χ1) is 15.7. The molecule has 3 aromatic rings. The minimum Gasteiger partial charge on any atom is -0.459 e. The predicted molar refractivity (Wildman–Crippen MR) is 117 cm³/mol. The number of nitrogens with zero attached hydrogens (tertiary/aromatic N) is 2. The minimum atomic E-state index is -0.326. The van der Waals surface area contributed by atoms with Crippen molar-refractivity contribution in [3.63, 3.8) is 0 Å². The average Bonchev–Trinajstić information content (AvgIpc) is 3.52. The lowest BCUT2D eigenvalue weighted by molar-refractivity contribution is 0.0628. The highest BCUT2D eigenvalue weighted by molar-refractivity contribution is 6.02. The summed E-state index contributed by atoms with van der Waals surface area (Å²) in [4.78, 5) is 29.1. The molecular weight excluding hydrogens is 410 g/mol. The van der Waals surface area contributed by atoms with Crippen LogP contribution < -0.4 is 14.8 Å². The molecule has 0 aliphatic carbocycles. The molecule has 0 saturated carbocycles. The van der Waals surface area contributed by atoms with Gasteiger partial charge in [-0.15, -0.1) is 0 Å². The molecular formula is C24H23N3O5. The maximum Gasteiger partial charge on any atom is 0.291 e. The Morgan fingerprint density at radius 3 is 2.44 bits per heavy atom. The maximum absolute atomic E-state index is 12.9. The fraction of sp³-hybridized carbons (Fsp3) is 0.250. The SMILES string of the molecule is O=C(Nc1ccc(C(=O)N2CCN(Cc3ccc4c(c3)OCO4)CC2)cc1)c1ccco1. The molecule has 0 radical (unpaired) electrons. The second-order valence-electron chi connectivity index (χ2n) is 7.76. The largest absolute Gasteiger partial charge is 0.459 e. The van der Waals surface area contributed by atoms with E-state index in [0.717, 1.165) is 31.1 Å². The monoisotopic (exact) mass is 433 g/mol. The molecule has 1 fully saturated rings. The van der Waals surface area contributed by atoms with Crippen molar-refractivity contribution < 1.29 is 23.5 Å². The number of ether oxygens (including phenoxy) is 2. The van der Waals surface area contributed by atoms with Crippen LogP contribution in [0.4, 0.5) is 5.69 Å². The second-order valence-corrected chi connectivity index (χ2v) is 7.76. The molecule has 0 spiro atoms. The van der Waals surface area contributed by atoms with Gasteiger partial charge in [0.2, 0.25) is 6.79 Å². The molecule has 1 aromatic heterocycles. The number of amides is 2. The van der Waals surface area contributed by atoms with E-state index in [-0.39, 0.29) is 24.4 Å². The lowest BCUT2D eigenvalue weighted by Gasteiger charge is -2.34. The maximum atomic E-state index is 12.9. The Kier molecular flexibility index (Phi) is 5.51. The number of anilines is 1. The Labute approximate surface area is 185 Å². The molecule has 32 heavy (non-hydrogen) atoms. The first kappa shape index (κ1) is 20.1. The van der Waals surface area contributed by atoms with Crippen molar-refractivity contribution in [2.24, 2.45) is 0 Å². The Morgan fingerprint density at radius 1 is 0.906 bits per heavy atom. The number of piperazine rings is 1. The highest BCUT2D eigenvalue weighted by Crippen LogP contribution is 2.32. The van der Waals surface area contributed by atoms with E-state index in [9.17, 15) is 9.59 Å². The Balaban J connectivity index is 1.13. The summed E-state index contributed by atoms with van der Waals surface area (Å²) in [6.45, 7) is 4.02. The van der Waals surface area contributed by atoms with Crippen molar-refractivity contribution in [2.75, 3.05) is 38.3 Å². The number of hydrogen-bond donors (Lipinski definition) is 1. The lowest BCUT2D eigenvalue weighted by Crippen LogP contribution is -2.48. The van der Waals surface area contributed by atoms with Crippen LogP contribution >= 0.6 is 0 Å². The molecule has 0 bridgehead atoms. The number of hydrogen-bond acceptors (Lipinski definition) is 6. The lowest BCUT2D eigenvalue weighted by atomic mass is 10.1. The van der Waals surface area contributed by atoms with E-state index in [0.29, 0.717) is 24.3 Å². The second kappa shape index (κ2) is 8.76. The van der Waals surface area contributed by atoms with E-state index in [1.165, 1.54) is 11.8 Å². The number of benzene rings is 2. The van der Waals surface area contributed by atoms with Crippen molar-refractivity contribution in [2.45, 2.75) is 6.54 Å². The molecule has 1 N–H and O–H groups in total. The van der Waals surface area contributed by atoms with Crippen LogP contribution in [0.3, 0.4) is 0 Å². The number of nitrogens with one attached hydrogen (secondary N) is 1. The van der Waals surface area contributed by atoms with Crippen molar-refractivity contribution in [1.82, 2.24) is 9.80 Å². The van der Waals surface area contributed by atoms with Crippen LogP contribution in [0.25, 0.3) is 0 Å². The van der Waals surface area contributed by atoms with Gasteiger partial charge >= 0.3 is 0 Å². The Hall–Kier alpha value is -3.78. The summed E-state index contributed by atoms with van der Waals surface area (Å²) < 4.78 is 15.9. The number of carbonyl (C=O) groups is 2. The summed E-state index contributed by atoms with van der Waals surface area (Å²) in [6, 6.07) is 16.2. The third-order valence-corrected chi connectivity index (χ3v) is 5.64. The van der Waals surface area contributed by atoms with E-state index < -0.39 is 0 Å². The smallest absolute Gasteiger partial charge is 0.291 e. The van der Waals surface area contributed by atoms with Gasteiger partial charge in [0.25, 0.3) is 11.8 Å². The molecule has 2 amide bonds. The zero-order chi connectivity index (χ0) is 21.9. The highest BCUT2D eigenvalue weighted by atomic mass is 16.7. The van der Waals surface area contributed by atoms with Crippen LogP contribution in [0.5, 0.6) is 11.5 Å². The zero-order valence-corrected chi connectivity index (χ0v) is 17.5. The summed E-state index contributed by atoms with van der Waals surface area (Å²) in [7, 11) is 0. The van der Waals surface area contributed by atoms with Gasteiger partial charge in [0.15, 0.2) is 17.3 Å². The number of carbonyl (C=O) groups excluding carboxylic acids is 2. The van der Waals surface area contributed by atoms with Crippen molar-refractivity contribution >= 4 is 17.5 Å². The third-order valence-electron chi connectivity index (χ3n) is 5.64. The first-order valence-corrected chi connectivity index (χ1v) is 10.5. The van der Waals surface area contributed by atoms with E-state index in [4.69, 9.17) is 13.9 Å². The number of fused-ring (bicyclic) bond motifs is 1. The molecule has 8 heteroatoms. The summed E-state index contributed by atoms with van der Waals surface area (Å²) in [5.74, 6) is 1.49. The highest BCUT2D eigenvalue weighted by Gasteiger charge is 2.23. The average molecular weight is 433 g/mol. The van der Waals surface area contributed by atoms with Gasteiger partial charge in [0.1, 0.15) is 0 Å². The standard InChI is InChI=1S/C24H23N3O5/c28-23(21-2-1-13-30-21)25-19-6-4-18(5-7-19)24(29)27-11-9-26(10-12-27)15-17-3-8-20-22(14-17)32-16-31-20/h1-8,13-14H,9-12,15-16H2,(H,25,28). The van der Waals surface area contributed by atoms with E-state index in [1.54, 1.807) is 36.4 Å². The summed E-state index contributed by atoms with van der Waals surface area (Å²) >= 11 is 0. The fourth-order valence-electron chi connectivity index (χ4n) is 3.89. The molecule has 0 unspecified atom stereocenters. The number of rotatable bonds is 5. The van der Waals surface area contributed by atoms with Gasteiger partial charge in [-0.05, 0) is 54.1 Å². The molecule has 2 aliphatic rings. The third kappa shape index (κ3) is 4.31. The predicted octanol–water partition coefficient (Wildman–Crippen LogP) is 3.22. The van der Waals surface area contributed by atoms with Gasteiger partial charge < -0.3 is 24.1 Å². The van der Waals surface area contributed by atoms with Crippen LogP contribution in [0.15, 0.2) is 65.3 Å². The van der Waals surface area contributed by atoms with Gasteiger partial charge in [-0.1, -0.05) is 6.07 Å². The van der Waals surface area contributed by atoms with Crippen LogP contribution in [-0.2, 0) is 6.54 Å². The molecule has 2 aliphatic heterocycles. The van der Waals surface area contributed by atoms with Crippen LogP contribution in [-0.4, -0.2) is 54.6 Å². The molecule has 5 rings (SSSR count). The van der Waals surface area contributed by atoms with Crippen LogP contribution in [0, 0.1) is 0 Å². The molecule has 164 valence electrons. The molecule has 1 saturated heterocycles. The van der Waals surface area contributed by atoms with Gasteiger partial charge in [-0.25, -0.2) is 0 Å². The summed E-state index contributed by atoms with van der Waals surface area (Å²) in [6.07, 6.45) is 1.45. The Morgan fingerprint density at radius 2 is 1.69 bits per heavy atom. The summed E-state index contributed by atoms with van der Waals surface area (Å²) in [5, 5.41) is 2.75. The van der Waals surface area contributed by atoms with Crippen molar-refractivity contribution in [3.05, 3.63) is 77.7 Å². The molecule has 8 nitrogen and oxygen atoms in total. The van der Waals surface area contributed by atoms with E-state index in [1.807, 2.05) is 17.0 Å². The topological polar surface area (TPSA) is 84.3 Å². The summed E-state index contributed by atoms with van der Waals surface area (Å²) in [5.41, 5.74) is 2.38. The normalized spacial score (nSPS) is 15.6. The fourth-order valence-corrected chi connectivity index (χ4v) is 3.89. The van der Waals surface area contributed by atoms with Gasteiger partial charge in [0, 0.05) is 44.0 Å². The quantitative estimate of drug-likeness (QED) is 0.665. The van der Waals surface area contributed by atoms with E-state index >= 15 is 0 Å². The zero-order valence-electron chi connectivity index (χ0n) is 17.5.